The molecule has 0 bridgehead atoms. The molecule has 6 nitrogen and oxygen atoms in total. The average Bonchev–Trinajstić information content (AvgIpc) is 3.34. The van der Waals surface area contributed by atoms with Gasteiger partial charge in [-0.25, -0.2) is 0 Å². The minimum Gasteiger partial charge on any atom is -0.454 e. The van der Waals surface area contributed by atoms with Gasteiger partial charge in [-0.2, -0.15) is 0 Å². The van der Waals surface area contributed by atoms with Gasteiger partial charge in [-0.3, -0.25) is 9.59 Å². The second kappa shape index (κ2) is 12.3. The van der Waals surface area contributed by atoms with Crippen molar-refractivity contribution >= 4 is 35.0 Å². The van der Waals surface area contributed by atoms with E-state index in [1.807, 2.05) is 62.4 Å². The topological polar surface area (TPSA) is 67.9 Å². The monoisotopic (exact) mass is 540 g/mol. The van der Waals surface area contributed by atoms with Gasteiger partial charge in [0, 0.05) is 35.5 Å². The molecule has 0 saturated carbocycles. The smallest absolute Gasteiger partial charge is 0.243 e. The molecular formula is C29H30Cl2N2O4. The van der Waals surface area contributed by atoms with E-state index in [-0.39, 0.29) is 37.6 Å². The third-order valence-electron chi connectivity index (χ3n) is 6.12. The van der Waals surface area contributed by atoms with E-state index < -0.39 is 6.04 Å². The van der Waals surface area contributed by atoms with Gasteiger partial charge < -0.3 is 19.7 Å². The number of hydrogen-bond donors (Lipinski definition) is 1. The number of nitrogens with one attached hydrogen (secondary N) is 1. The maximum atomic E-state index is 13.8. The Morgan fingerprint density at radius 2 is 1.70 bits per heavy atom. The molecule has 0 unspecified atom stereocenters. The fraction of sp³-hybridized carbons (Fsp3) is 0.310. The zero-order chi connectivity index (χ0) is 26.4. The van der Waals surface area contributed by atoms with Gasteiger partial charge in [0.2, 0.25) is 18.6 Å². The zero-order valence-electron chi connectivity index (χ0n) is 20.9. The van der Waals surface area contributed by atoms with Crippen molar-refractivity contribution in [1.29, 1.82) is 0 Å². The third-order valence-corrected chi connectivity index (χ3v) is 6.71. The third kappa shape index (κ3) is 7.18. The number of carbonyl (C=O) groups excluding carboxylic acids is 2. The maximum absolute atomic E-state index is 13.8. The largest absolute Gasteiger partial charge is 0.454 e. The summed E-state index contributed by atoms with van der Waals surface area (Å²) in [5, 5.41) is 3.95. The fourth-order valence-corrected chi connectivity index (χ4v) is 4.73. The number of benzene rings is 3. The lowest BCUT2D eigenvalue weighted by Crippen LogP contribution is -2.51. The van der Waals surface area contributed by atoms with Gasteiger partial charge in [0.1, 0.15) is 6.04 Å². The van der Waals surface area contributed by atoms with E-state index in [9.17, 15) is 9.59 Å². The Morgan fingerprint density at radius 1 is 0.946 bits per heavy atom. The lowest BCUT2D eigenvalue weighted by molar-refractivity contribution is -0.141. The number of ether oxygens (including phenoxy) is 2. The Hall–Kier alpha value is -3.22. The fourth-order valence-electron chi connectivity index (χ4n) is 4.26. The normalized spacial score (nSPS) is 12.9. The lowest BCUT2D eigenvalue weighted by Gasteiger charge is -2.32. The molecule has 8 heteroatoms. The van der Waals surface area contributed by atoms with Crippen molar-refractivity contribution in [2.75, 3.05) is 6.79 Å². The first-order chi connectivity index (χ1) is 17.8. The lowest BCUT2D eigenvalue weighted by atomic mass is 10.0. The van der Waals surface area contributed by atoms with E-state index in [2.05, 4.69) is 5.32 Å². The number of aryl methyl sites for hydroxylation is 1. The predicted octanol–water partition coefficient (Wildman–Crippen LogP) is 5.82. The molecule has 0 aromatic heterocycles. The van der Waals surface area contributed by atoms with E-state index in [0.29, 0.717) is 34.4 Å². The second-order valence-electron chi connectivity index (χ2n) is 9.31. The van der Waals surface area contributed by atoms with Gasteiger partial charge in [0.15, 0.2) is 11.5 Å². The summed E-state index contributed by atoms with van der Waals surface area (Å²) in [6.45, 7) is 4.18. The Morgan fingerprint density at radius 3 is 2.43 bits per heavy atom. The Labute approximate surface area is 227 Å². The van der Waals surface area contributed by atoms with Gasteiger partial charge in [-0.15, -0.1) is 0 Å². The molecule has 0 spiro atoms. The molecule has 3 aromatic carbocycles. The van der Waals surface area contributed by atoms with Crippen molar-refractivity contribution in [2.24, 2.45) is 0 Å². The van der Waals surface area contributed by atoms with Gasteiger partial charge in [0.05, 0.1) is 0 Å². The number of carbonyl (C=O) groups is 2. The molecule has 194 valence electrons. The number of halogens is 2. The Bertz CT molecular complexity index is 1250. The van der Waals surface area contributed by atoms with E-state index in [1.165, 1.54) is 0 Å². The van der Waals surface area contributed by atoms with Crippen molar-refractivity contribution in [3.63, 3.8) is 0 Å². The highest BCUT2D eigenvalue weighted by molar-refractivity contribution is 6.35. The van der Waals surface area contributed by atoms with E-state index in [0.717, 1.165) is 16.7 Å². The SMILES string of the molecule is CC(C)NC(=O)[C@@H](Cc1ccccc1)N(Cc1ccc(Cl)cc1Cl)C(=O)CCc1ccc2c(c1)OCO2. The summed E-state index contributed by atoms with van der Waals surface area (Å²) in [5.41, 5.74) is 2.63. The summed E-state index contributed by atoms with van der Waals surface area (Å²) in [7, 11) is 0. The van der Waals surface area contributed by atoms with Crippen LogP contribution in [-0.4, -0.2) is 35.6 Å². The molecule has 0 radical (unpaired) electrons. The van der Waals surface area contributed by atoms with E-state index in [1.54, 1.807) is 23.1 Å². The molecule has 37 heavy (non-hydrogen) atoms. The van der Waals surface area contributed by atoms with Crippen molar-refractivity contribution < 1.29 is 19.1 Å². The van der Waals surface area contributed by atoms with Crippen LogP contribution in [-0.2, 0) is 29.0 Å². The summed E-state index contributed by atoms with van der Waals surface area (Å²) in [5.74, 6) is 1.01. The molecule has 1 N–H and O–H groups in total. The summed E-state index contributed by atoms with van der Waals surface area (Å²) in [4.78, 5) is 28.9. The molecular weight excluding hydrogens is 511 g/mol. The van der Waals surface area contributed by atoms with Crippen molar-refractivity contribution in [3.05, 3.63) is 93.5 Å². The summed E-state index contributed by atoms with van der Waals surface area (Å²) in [6, 6.07) is 19.7. The minimum absolute atomic E-state index is 0.0736. The maximum Gasteiger partial charge on any atom is 0.243 e. The Kier molecular flexibility index (Phi) is 8.95. The highest BCUT2D eigenvalue weighted by Crippen LogP contribution is 2.33. The molecule has 4 rings (SSSR count). The van der Waals surface area contributed by atoms with Crippen LogP contribution in [0.25, 0.3) is 0 Å². The van der Waals surface area contributed by atoms with Crippen LogP contribution in [0, 0.1) is 0 Å². The molecule has 1 heterocycles. The van der Waals surface area contributed by atoms with Crippen LogP contribution in [0.2, 0.25) is 10.0 Å². The molecule has 0 saturated heterocycles. The van der Waals surface area contributed by atoms with Crippen LogP contribution < -0.4 is 14.8 Å². The first-order valence-corrected chi connectivity index (χ1v) is 13.0. The number of hydrogen-bond acceptors (Lipinski definition) is 4. The van der Waals surface area contributed by atoms with Gasteiger partial charge >= 0.3 is 0 Å². The summed E-state index contributed by atoms with van der Waals surface area (Å²) in [6.07, 6.45) is 1.08. The first-order valence-electron chi connectivity index (χ1n) is 12.3. The van der Waals surface area contributed by atoms with Crippen molar-refractivity contribution in [1.82, 2.24) is 10.2 Å². The average molecular weight is 541 g/mol. The predicted molar refractivity (Wildman–Crippen MR) is 145 cm³/mol. The number of amides is 2. The molecule has 2 amide bonds. The van der Waals surface area contributed by atoms with Crippen LogP contribution in [0.5, 0.6) is 11.5 Å². The summed E-state index contributed by atoms with van der Waals surface area (Å²) < 4.78 is 10.9. The van der Waals surface area contributed by atoms with Gasteiger partial charge in [-0.1, -0.05) is 65.7 Å². The zero-order valence-corrected chi connectivity index (χ0v) is 22.4. The van der Waals surface area contributed by atoms with Crippen LogP contribution in [0.1, 0.15) is 37.0 Å². The number of fused-ring (bicyclic) bond motifs is 1. The number of nitrogens with zero attached hydrogens (tertiary/aromatic N) is 1. The minimum atomic E-state index is -0.721. The molecule has 3 aromatic rings. The van der Waals surface area contributed by atoms with Crippen molar-refractivity contribution in [2.45, 2.75) is 51.7 Å². The molecule has 1 atom stereocenters. The van der Waals surface area contributed by atoms with E-state index >= 15 is 0 Å². The highest BCUT2D eigenvalue weighted by Gasteiger charge is 2.31. The second-order valence-corrected chi connectivity index (χ2v) is 10.2. The Balaban J connectivity index is 1.62. The van der Waals surface area contributed by atoms with Crippen LogP contribution in [0.3, 0.4) is 0 Å². The van der Waals surface area contributed by atoms with E-state index in [4.69, 9.17) is 32.7 Å². The summed E-state index contributed by atoms with van der Waals surface area (Å²) >= 11 is 12.6. The molecule has 1 aliphatic rings. The highest BCUT2D eigenvalue weighted by atomic mass is 35.5. The standard InChI is InChI=1S/C29H30Cl2N2O4/c1-19(2)32-29(35)25(14-20-6-4-3-5-7-20)33(17-22-10-11-23(30)16-24(22)31)28(34)13-9-21-8-12-26-27(15-21)37-18-36-26/h3-8,10-12,15-16,19,25H,9,13-14,17-18H2,1-2H3,(H,32,35)/t25-/m1/s1. The van der Waals surface area contributed by atoms with Crippen LogP contribution >= 0.6 is 23.2 Å². The van der Waals surface area contributed by atoms with Crippen LogP contribution in [0.15, 0.2) is 66.7 Å². The van der Waals surface area contributed by atoms with Gasteiger partial charge in [-0.05, 0) is 61.2 Å². The molecule has 0 fully saturated rings. The van der Waals surface area contributed by atoms with Crippen molar-refractivity contribution in [3.8, 4) is 11.5 Å². The van der Waals surface area contributed by atoms with Crippen LogP contribution in [0.4, 0.5) is 0 Å². The first kappa shape index (κ1) is 26.8. The van der Waals surface area contributed by atoms with Gasteiger partial charge in [0.25, 0.3) is 0 Å². The molecule has 0 aliphatic carbocycles. The quantitative estimate of drug-likeness (QED) is 0.351. The molecule has 1 aliphatic heterocycles. The number of rotatable bonds is 10.